The maximum atomic E-state index is 8.36. The second kappa shape index (κ2) is 10.2. The van der Waals surface area contributed by atoms with E-state index in [-0.39, 0.29) is 12.9 Å². The van der Waals surface area contributed by atoms with E-state index in [0.29, 0.717) is 0 Å². The molecule has 1 aromatic heterocycles. The summed E-state index contributed by atoms with van der Waals surface area (Å²) < 4.78 is 0. The highest BCUT2D eigenvalue weighted by atomic mass is 16.3. The van der Waals surface area contributed by atoms with Crippen LogP contribution in [0.4, 0.5) is 0 Å². The average molecular weight is 188 g/mol. The minimum absolute atomic E-state index is 0.250. The van der Waals surface area contributed by atoms with E-state index in [9.17, 15) is 0 Å². The van der Waals surface area contributed by atoms with Crippen molar-refractivity contribution in [2.24, 2.45) is 0 Å². The molecule has 0 unspecified atom stereocenters. The van der Waals surface area contributed by atoms with Crippen LogP contribution in [0.5, 0.6) is 0 Å². The first-order valence-electron chi connectivity index (χ1n) is 3.26. The summed E-state index contributed by atoms with van der Waals surface area (Å²) in [5, 5.41) is 13.8. The first kappa shape index (κ1) is 13.7. The zero-order chi connectivity index (χ0) is 10.7. The molecule has 0 aliphatic carbocycles. The topological polar surface area (TPSA) is 103 Å². The van der Waals surface area contributed by atoms with Crippen molar-refractivity contribution in [1.29, 1.82) is 0 Å². The normalized spacial score (nSPS) is 6.92. The largest absolute Gasteiger partial charge is 0.483 e. The summed E-state index contributed by atoms with van der Waals surface area (Å²) in [6.07, 6.45) is 1.70. The van der Waals surface area contributed by atoms with E-state index >= 15 is 0 Å². The molecule has 0 bridgehead atoms. The van der Waals surface area contributed by atoms with Gasteiger partial charge in [-0.3, -0.25) is 9.59 Å². The molecule has 3 N–H and O–H groups in total. The Morgan fingerprint density at radius 3 is 1.77 bits per heavy atom. The standard InChI is InChI=1S/C5H8N2.2CH2O2/c1-4-5(2)7-3-6-4;2*2-1-3/h3H,1-2H3,(H,6,7);2*1H,(H,2,3). The first-order valence-corrected chi connectivity index (χ1v) is 3.26. The Hall–Kier alpha value is -1.85. The van der Waals surface area contributed by atoms with Gasteiger partial charge in [0, 0.05) is 5.69 Å². The molecule has 0 atom stereocenters. The van der Waals surface area contributed by atoms with Crippen molar-refractivity contribution in [2.75, 3.05) is 0 Å². The molecule has 0 aliphatic rings. The van der Waals surface area contributed by atoms with Crippen LogP contribution in [0.3, 0.4) is 0 Å². The lowest BCUT2D eigenvalue weighted by Crippen LogP contribution is -1.71. The summed E-state index contributed by atoms with van der Waals surface area (Å²) >= 11 is 0. The first-order chi connectivity index (χ1) is 6.13. The smallest absolute Gasteiger partial charge is 0.290 e. The van der Waals surface area contributed by atoms with Gasteiger partial charge in [-0.05, 0) is 13.8 Å². The van der Waals surface area contributed by atoms with Gasteiger partial charge in [-0.25, -0.2) is 4.98 Å². The number of hydrogen-bond donors (Lipinski definition) is 3. The van der Waals surface area contributed by atoms with E-state index in [1.54, 1.807) is 6.33 Å². The Morgan fingerprint density at radius 2 is 1.69 bits per heavy atom. The van der Waals surface area contributed by atoms with Gasteiger partial charge in [0.15, 0.2) is 0 Å². The van der Waals surface area contributed by atoms with Gasteiger partial charge in [0.25, 0.3) is 12.9 Å². The van der Waals surface area contributed by atoms with Crippen LogP contribution in [-0.4, -0.2) is 33.1 Å². The molecule has 0 aromatic carbocycles. The van der Waals surface area contributed by atoms with Crippen LogP contribution in [0.2, 0.25) is 0 Å². The lowest BCUT2D eigenvalue weighted by molar-refractivity contribution is -0.123. The Kier molecular flexibility index (Phi) is 10.7. The van der Waals surface area contributed by atoms with Gasteiger partial charge < -0.3 is 15.2 Å². The number of aromatic nitrogens is 2. The van der Waals surface area contributed by atoms with Crippen LogP contribution in [-0.2, 0) is 9.59 Å². The number of aryl methyl sites for hydroxylation is 2. The summed E-state index contributed by atoms with van der Waals surface area (Å²) in [4.78, 5) is 23.6. The lowest BCUT2D eigenvalue weighted by atomic mass is 10.4. The van der Waals surface area contributed by atoms with E-state index < -0.39 is 0 Å². The van der Waals surface area contributed by atoms with Crippen molar-refractivity contribution in [2.45, 2.75) is 13.8 Å². The maximum absolute atomic E-state index is 8.36. The van der Waals surface area contributed by atoms with Crippen LogP contribution in [0.1, 0.15) is 11.4 Å². The third kappa shape index (κ3) is 10.2. The average Bonchev–Trinajstić information content (AvgIpc) is 2.39. The third-order valence-electron chi connectivity index (χ3n) is 1.08. The highest BCUT2D eigenvalue weighted by Crippen LogP contribution is 1.94. The summed E-state index contributed by atoms with van der Waals surface area (Å²) in [6, 6.07) is 0. The van der Waals surface area contributed by atoms with Crippen LogP contribution in [0.25, 0.3) is 0 Å². The highest BCUT2D eigenvalue weighted by molar-refractivity contribution is 5.33. The van der Waals surface area contributed by atoms with E-state index in [4.69, 9.17) is 19.8 Å². The fourth-order valence-corrected chi connectivity index (χ4v) is 0.427. The Bertz CT molecular complexity index is 212. The summed E-state index contributed by atoms with van der Waals surface area (Å²) in [7, 11) is 0. The summed E-state index contributed by atoms with van der Waals surface area (Å²) in [5.74, 6) is 0. The monoisotopic (exact) mass is 188 g/mol. The number of carbonyl (C=O) groups is 2. The molecule has 0 aliphatic heterocycles. The minimum atomic E-state index is -0.250. The summed E-state index contributed by atoms with van der Waals surface area (Å²) in [6.45, 7) is 3.48. The molecule has 0 fully saturated rings. The van der Waals surface area contributed by atoms with Crippen molar-refractivity contribution >= 4 is 12.9 Å². The molecule has 6 heteroatoms. The number of H-pyrrole nitrogens is 1. The van der Waals surface area contributed by atoms with Crippen LogP contribution in [0.15, 0.2) is 6.33 Å². The molecule has 0 saturated carbocycles. The number of carboxylic acid groups (broad SMARTS) is 2. The Labute approximate surface area is 75.2 Å². The fourth-order valence-electron chi connectivity index (χ4n) is 0.427. The van der Waals surface area contributed by atoms with Crippen molar-refractivity contribution in [3.8, 4) is 0 Å². The number of aromatic amines is 1. The molecule has 13 heavy (non-hydrogen) atoms. The Balaban J connectivity index is 0. The molecule has 1 heterocycles. The SMILES string of the molecule is Cc1nc[nH]c1C.O=CO.O=CO. The van der Waals surface area contributed by atoms with Gasteiger partial charge >= 0.3 is 0 Å². The molecule has 1 aromatic rings. The molecule has 0 saturated heterocycles. The molecule has 0 radical (unpaired) electrons. The van der Waals surface area contributed by atoms with Gasteiger partial charge in [-0.1, -0.05) is 0 Å². The quantitative estimate of drug-likeness (QED) is 0.512. The number of nitrogens with zero attached hydrogens (tertiary/aromatic N) is 1. The fraction of sp³-hybridized carbons (Fsp3) is 0.286. The third-order valence-corrected chi connectivity index (χ3v) is 1.08. The molecule has 1 rings (SSSR count). The van der Waals surface area contributed by atoms with Crippen LogP contribution < -0.4 is 0 Å². The number of nitrogens with one attached hydrogen (secondary N) is 1. The maximum Gasteiger partial charge on any atom is 0.290 e. The molecule has 0 amide bonds. The van der Waals surface area contributed by atoms with Crippen molar-refractivity contribution in [3.63, 3.8) is 0 Å². The van der Waals surface area contributed by atoms with Crippen LogP contribution >= 0.6 is 0 Å². The van der Waals surface area contributed by atoms with Gasteiger partial charge in [0.05, 0.1) is 12.0 Å². The van der Waals surface area contributed by atoms with Gasteiger partial charge in [-0.2, -0.15) is 0 Å². The van der Waals surface area contributed by atoms with Crippen LogP contribution in [0, 0.1) is 13.8 Å². The molecular formula is C7H12N2O4. The molecule has 0 spiro atoms. The van der Waals surface area contributed by atoms with Gasteiger partial charge in [0.1, 0.15) is 0 Å². The summed E-state index contributed by atoms with van der Waals surface area (Å²) in [5.41, 5.74) is 2.24. The predicted octanol–water partition coefficient (Wildman–Crippen LogP) is 0.428. The number of hydrogen-bond acceptors (Lipinski definition) is 3. The van der Waals surface area contributed by atoms with Gasteiger partial charge in [0.2, 0.25) is 0 Å². The van der Waals surface area contributed by atoms with E-state index in [0.717, 1.165) is 11.4 Å². The number of rotatable bonds is 0. The molecule has 6 nitrogen and oxygen atoms in total. The van der Waals surface area contributed by atoms with E-state index in [1.165, 1.54) is 0 Å². The lowest BCUT2D eigenvalue weighted by Gasteiger charge is -1.79. The van der Waals surface area contributed by atoms with E-state index in [2.05, 4.69) is 9.97 Å². The van der Waals surface area contributed by atoms with Crippen molar-refractivity contribution in [3.05, 3.63) is 17.7 Å². The Morgan fingerprint density at radius 1 is 1.31 bits per heavy atom. The second-order valence-electron chi connectivity index (χ2n) is 1.82. The van der Waals surface area contributed by atoms with Crippen molar-refractivity contribution in [1.82, 2.24) is 9.97 Å². The van der Waals surface area contributed by atoms with Crippen molar-refractivity contribution < 1.29 is 19.8 Å². The predicted molar refractivity (Wildman–Crippen MR) is 45.4 cm³/mol. The van der Waals surface area contributed by atoms with Gasteiger partial charge in [-0.15, -0.1) is 0 Å². The second-order valence-corrected chi connectivity index (χ2v) is 1.82. The molecule has 74 valence electrons. The molecular weight excluding hydrogens is 176 g/mol. The zero-order valence-corrected chi connectivity index (χ0v) is 7.39. The van der Waals surface area contributed by atoms with E-state index in [1.807, 2.05) is 13.8 Å². The zero-order valence-electron chi connectivity index (χ0n) is 7.39. The highest BCUT2D eigenvalue weighted by Gasteiger charge is 1.87. The number of imidazole rings is 1. The minimum Gasteiger partial charge on any atom is -0.483 e.